The number of rotatable bonds is 8. The number of benzene rings is 2. The SMILES string of the molecule is CC(C)(C)OC(=O)Nc1ccc(C/C(=C\CCc2cccc(-c3ccccc3)c2)C(=O)OC(C)(C)C)cn1. The number of nitrogens with one attached hydrogen (secondary N) is 1. The fraction of sp³-hybridized carbons (Fsp3) is 0.344. The Morgan fingerprint density at radius 3 is 2.13 bits per heavy atom. The highest BCUT2D eigenvalue weighted by Gasteiger charge is 2.20. The van der Waals surface area contributed by atoms with Gasteiger partial charge < -0.3 is 9.47 Å². The van der Waals surface area contributed by atoms with Crippen LogP contribution in [0.5, 0.6) is 0 Å². The molecule has 3 rings (SSSR count). The van der Waals surface area contributed by atoms with Crippen LogP contribution in [0.3, 0.4) is 0 Å². The van der Waals surface area contributed by atoms with E-state index in [-0.39, 0.29) is 5.97 Å². The largest absolute Gasteiger partial charge is 0.457 e. The van der Waals surface area contributed by atoms with Crippen LogP contribution in [-0.4, -0.2) is 28.2 Å². The molecule has 2 aromatic carbocycles. The zero-order valence-corrected chi connectivity index (χ0v) is 23.2. The number of ether oxygens (including phenoxy) is 2. The Bertz CT molecular complexity index is 1250. The lowest BCUT2D eigenvalue weighted by Crippen LogP contribution is -2.27. The molecule has 0 saturated heterocycles. The van der Waals surface area contributed by atoms with Crippen molar-refractivity contribution in [1.82, 2.24) is 4.98 Å². The number of esters is 1. The maximum Gasteiger partial charge on any atom is 0.413 e. The Morgan fingerprint density at radius 1 is 0.816 bits per heavy atom. The van der Waals surface area contributed by atoms with Crippen LogP contribution in [0.15, 0.2) is 84.6 Å². The van der Waals surface area contributed by atoms with Gasteiger partial charge in [0, 0.05) is 18.2 Å². The summed E-state index contributed by atoms with van der Waals surface area (Å²) >= 11 is 0. The van der Waals surface area contributed by atoms with Crippen LogP contribution in [0.2, 0.25) is 0 Å². The third-order valence-electron chi connectivity index (χ3n) is 5.37. The van der Waals surface area contributed by atoms with Gasteiger partial charge in [-0.05, 0) is 82.7 Å². The molecule has 200 valence electrons. The zero-order valence-electron chi connectivity index (χ0n) is 23.2. The van der Waals surface area contributed by atoms with Gasteiger partial charge in [-0.15, -0.1) is 0 Å². The molecule has 0 saturated carbocycles. The van der Waals surface area contributed by atoms with E-state index in [1.54, 1.807) is 33.0 Å². The molecule has 6 nitrogen and oxygen atoms in total. The van der Waals surface area contributed by atoms with Crippen LogP contribution >= 0.6 is 0 Å². The van der Waals surface area contributed by atoms with Gasteiger partial charge >= 0.3 is 12.1 Å². The van der Waals surface area contributed by atoms with E-state index in [4.69, 9.17) is 9.47 Å². The Kier molecular flexibility index (Phi) is 9.45. The molecule has 3 aromatic rings. The molecule has 0 fully saturated rings. The van der Waals surface area contributed by atoms with Gasteiger partial charge in [-0.25, -0.2) is 14.6 Å². The number of amides is 1. The van der Waals surface area contributed by atoms with Gasteiger partial charge in [0.05, 0.1) is 0 Å². The summed E-state index contributed by atoms with van der Waals surface area (Å²) in [5, 5.41) is 2.62. The molecule has 0 aliphatic carbocycles. The predicted octanol–water partition coefficient (Wildman–Crippen LogP) is 7.54. The third-order valence-corrected chi connectivity index (χ3v) is 5.37. The van der Waals surface area contributed by atoms with Crippen LogP contribution in [0.25, 0.3) is 11.1 Å². The zero-order chi connectivity index (χ0) is 27.8. The van der Waals surface area contributed by atoms with Gasteiger partial charge in [-0.2, -0.15) is 0 Å². The molecule has 0 radical (unpaired) electrons. The summed E-state index contributed by atoms with van der Waals surface area (Å²) in [4.78, 5) is 29.3. The van der Waals surface area contributed by atoms with E-state index in [0.717, 1.165) is 12.0 Å². The first-order chi connectivity index (χ1) is 17.9. The molecule has 0 atom stereocenters. The molecular formula is C32H38N2O4. The smallest absolute Gasteiger partial charge is 0.413 e. The number of allylic oxidation sites excluding steroid dienone is 1. The quantitative estimate of drug-likeness (QED) is 0.248. The molecule has 38 heavy (non-hydrogen) atoms. The van der Waals surface area contributed by atoms with Crippen molar-refractivity contribution < 1.29 is 19.1 Å². The second-order valence-corrected chi connectivity index (χ2v) is 11.2. The van der Waals surface area contributed by atoms with Crippen molar-refractivity contribution in [2.75, 3.05) is 5.32 Å². The first kappa shape index (κ1) is 28.6. The van der Waals surface area contributed by atoms with Gasteiger partial charge in [0.2, 0.25) is 0 Å². The number of nitrogens with zero attached hydrogens (tertiary/aromatic N) is 1. The lowest BCUT2D eigenvalue weighted by Gasteiger charge is -2.21. The maximum atomic E-state index is 13.0. The average molecular weight is 515 g/mol. The highest BCUT2D eigenvalue weighted by molar-refractivity contribution is 5.89. The summed E-state index contributed by atoms with van der Waals surface area (Å²) in [5.41, 5.74) is 3.77. The fourth-order valence-corrected chi connectivity index (χ4v) is 3.75. The molecule has 6 heteroatoms. The van der Waals surface area contributed by atoms with Gasteiger partial charge in [0.25, 0.3) is 0 Å². The van der Waals surface area contributed by atoms with Gasteiger partial charge in [0.1, 0.15) is 17.0 Å². The molecule has 0 spiro atoms. The molecule has 0 unspecified atom stereocenters. The van der Waals surface area contributed by atoms with Crippen molar-refractivity contribution in [2.45, 2.75) is 72.0 Å². The molecular weight excluding hydrogens is 476 g/mol. The first-order valence-electron chi connectivity index (χ1n) is 12.9. The Hall–Kier alpha value is -3.93. The molecule has 0 aliphatic heterocycles. The van der Waals surface area contributed by atoms with E-state index in [0.29, 0.717) is 24.2 Å². The number of carbonyl (C=O) groups excluding carboxylic acids is 2. The normalized spacial score (nSPS) is 12.1. The standard InChI is InChI=1S/C32H38N2O4/c1-31(2,3)37-29(35)27(21-24-18-19-28(33-22-24)34-30(36)38-32(4,5)6)17-11-13-23-12-10-16-26(20-23)25-14-8-7-9-15-25/h7-10,12,14-20,22H,11,13,21H2,1-6H3,(H,33,34,36)/b27-17+. The highest BCUT2D eigenvalue weighted by atomic mass is 16.6. The van der Waals surface area contributed by atoms with Crippen LogP contribution < -0.4 is 5.32 Å². The van der Waals surface area contributed by atoms with Crippen molar-refractivity contribution >= 4 is 17.9 Å². The van der Waals surface area contributed by atoms with E-state index in [1.165, 1.54) is 16.7 Å². The average Bonchev–Trinajstić information content (AvgIpc) is 2.83. The number of aryl methyl sites for hydroxylation is 1. The van der Waals surface area contributed by atoms with Crippen molar-refractivity contribution in [2.24, 2.45) is 0 Å². The molecule has 1 heterocycles. The van der Waals surface area contributed by atoms with Gasteiger partial charge in [0.15, 0.2) is 0 Å². The monoisotopic (exact) mass is 514 g/mol. The van der Waals surface area contributed by atoms with E-state index >= 15 is 0 Å². The lowest BCUT2D eigenvalue weighted by atomic mass is 9.99. The van der Waals surface area contributed by atoms with Gasteiger partial charge in [-0.3, -0.25) is 5.32 Å². The Labute approximate surface area is 226 Å². The topological polar surface area (TPSA) is 77.5 Å². The molecule has 0 aliphatic rings. The summed E-state index contributed by atoms with van der Waals surface area (Å²) < 4.78 is 10.9. The van der Waals surface area contributed by atoms with Crippen LogP contribution in [-0.2, 0) is 27.1 Å². The molecule has 1 amide bonds. The minimum absolute atomic E-state index is 0.341. The second kappa shape index (κ2) is 12.5. The lowest BCUT2D eigenvalue weighted by molar-refractivity contribution is -0.150. The Balaban J connectivity index is 1.70. The molecule has 1 N–H and O–H groups in total. The third kappa shape index (κ3) is 9.85. The minimum atomic E-state index is -0.598. The number of anilines is 1. The summed E-state index contributed by atoms with van der Waals surface area (Å²) in [6.07, 6.45) is 4.90. The van der Waals surface area contributed by atoms with Crippen molar-refractivity contribution in [1.29, 1.82) is 0 Å². The molecule has 1 aromatic heterocycles. The first-order valence-corrected chi connectivity index (χ1v) is 12.9. The van der Waals surface area contributed by atoms with Crippen molar-refractivity contribution in [3.8, 4) is 11.1 Å². The Morgan fingerprint density at radius 2 is 1.50 bits per heavy atom. The summed E-state index contributed by atoms with van der Waals surface area (Å²) in [6.45, 7) is 11.0. The predicted molar refractivity (Wildman–Crippen MR) is 152 cm³/mol. The molecule has 0 bridgehead atoms. The number of carbonyl (C=O) groups is 2. The van der Waals surface area contributed by atoms with Gasteiger partial charge in [-0.1, -0.05) is 66.7 Å². The van der Waals surface area contributed by atoms with Crippen molar-refractivity contribution in [3.63, 3.8) is 0 Å². The van der Waals surface area contributed by atoms with Crippen LogP contribution in [0, 0.1) is 0 Å². The maximum absolute atomic E-state index is 13.0. The number of hydrogen-bond donors (Lipinski definition) is 1. The summed E-state index contributed by atoms with van der Waals surface area (Å²) in [5.74, 6) is 0.0376. The minimum Gasteiger partial charge on any atom is -0.457 e. The van der Waals surface area contributed by atoms with E-state index in [9.17, 15) is 9.59 Å². The van der Waals surface area contributed by atoms with Crippen molar-refractivity contribution in [3.05, 3.63) is 95.7 Å². The highest BCUT2D eigenvalue weighted by Crippen LogP contribution is 2.22. The fourth-order valence-electron chi connectivity index (χ4n) is 3.75. The van der Waals surface area contributed by atoms with Crippen LogP contribution in [0.4, 0.5) is 10.6 Å². The summed E-state index contributed by atoms with van der Waals surface area (Å²) in [6, 6.07) is 22.3. The number of hydrogen-bond acceptors (Lipinski definition) is 5. The van der Waals surface area contributed by atoms with E-state index < -0.39 is 17.3 Å². The van der Waals surface area contributed by atoms with E-state index in [2.05, 4.69) is 46.7 Å². The second-order valence-electron chi connectivity index (χ2n) is 11.2. The number of pyridine rings is 1. The summed E-state index contributed by atoms with van der Waals surface area (Å²) in [7, 11) is 0. The number of aromatic nitrogens is 1. The van der Waals surface area contributed by atoms with E-state index in [1.807, 2.05) is 51.1 Å². The van der Waals surface area contributed by atoms with Crippen LogP contribution in [0.1, 0.15) is 59.1 Å².